The molecular weight excluding hydrogens is 421 g/mol. The average Bonchev–Trinajstić information content (AvgIpc) is 3.41. The summed E-state index contributed by atoms with van der Waals surface area (Å²) in [6.45, 7) is 2.97. The van der Waals surface area contributed by atoms with Crippen LogP contribution < -0.4 is 10.6 Å². The second-order valence-corrected chi connectivity index (χ2v) is 7.80. The molecule has 2 aromatic heterocycles. The highest BCUT2D eigenvalue weighted by molar-refractivity contribution is 7.14. The Hall–Kier alpha value is -2.85. The van der Waals surface area contributed by atoms with Crippen LogP contribution in [0.1, 0.15) is 39.2 Å². The SMILES string of the molecule is Cc1cc2cccc(NC(=O)c3ccc(C4CCCN4)s3)c2o1.O=C(O)C(F)(F)F. The van der Waals surface area contributed by atoms with E-state index in [1.807, 2.05) is 37.3 Å². The lowest BCUT2D eigenvalue weighted by atomic mass is 10.2. The van der Waals surface area contributed by atoms with Crippen LogP contribution in [0, 0.1) is 6.92 Å². The zero-order valence-electron chi connectivity index (χ0n) is 15.9. The molecule has 1 unspecified atom stereocenters. The number of amides is 1. The van der Waals surface area contributed by atoms with Crippen molar-refractivity contribution in [2.24, 2.45) is 0 Å². The normalized spacial score (nSPS) is 16.2. The summed E-state index contributed by atoms with van der Waals surface area (Å²) in [5.74, 6) is -2.00. The molecule has 0 aliphatic carbocycles. The fourth-order valence-electron chi connectivity index (χ4n) is 3.06. The minimum absolute atomic E-state index is 0.0826. The van der Waals surface area contributed by atoms with Gasteiger partial charge in [0.05, 0.1) is 10.6 Å². The van der Waals surface area contributed by atoms with Crippen LogP contribution in [0.25, 0.3) is 11.0 Å². The van der Waals surface area contributed by atoms with Gasteiger partial charge in [0.15, 0.2) is 5.58 Å². The van der Waals surface area contributed by atoms with E-state index in [2.05, 4.69) is 16.7 Å². The third kappa shape index (κ3) is 5.19. The van der Waals surface area contributed by atoms with Crippen molar-refractivity contribution in [1.29, 1.82) is 0 Å². The van der Waals surface area contributed by atoms with Crippen LogP contribution >= 0.6 is 11.3 Å². The molecule has 1 amide bonds. The smallest absolute Gasteiger partial charge is 0.475 e. The number of aryl methyl sites for hydroxylation is 1. The second-order valence-electron chi connectivity index (χ2n) is 6.69. The number of benzene rings is 1. The Morgan fingerprint density at radius 1 is 1.27 bits per heavy atom. The van der Waals surface area contributed by atoms with Crippen molar-refractivity contribution in [3.63, 3.8) is 0 Å². The van der Waals surface area contributed by atoms with Crippen molar-refractivity contribution in [1.82, 2.24) is 5.32 Å². The first-order valence-corrected chi connectivity index (χ1v) is 9.90. The maximum absolute atomic E-state index is 12.5. The first-order chi connectivity index (χ1) is 14.1. The summed E-state index contributed by atoms with van der Waals surface area (Å²) in [4.78, 5) is 23.4. The molecule has 4 rings (SSSR count). The van der Waals surface area contributed by atoms with E-state index in [1.165, 1.54) is 11.3 Å². The Labute approximate surface area is 173 Å². The molecule has 10 heteroatoms. The molecule has 1 atom stereocenters. The predicted octanol–water partition coefficient (Wildman–Crippen LogP) is 5.11. The quantitative estimate of drug-likeness (QED) is 0.526. The van der Waals surface area contributed by atoms with Crippen LogP contribution in [0.3, 0.4) is 0 Å². The number of alkyl halides is 3. The molecule has 3 heterocycles. The van der Waals surface area contributed by atoms with Gasteiger partial charge in [-0.15, -0.1) is 11.3 Å². The number of rotatable bonds is 3. The second kappa shape index (κ2) is 8.88. The number of anilines is 1. The number of carbonyl (C=O) groups excluding carboxylic acids is 1. The van der Waals surface area contributed by atoms with E-state index in [0.29, 0.717) is 6.04 Å². The van der Waals surface area contributed by atoms with Gasteiger partial charge in [-0.2, -0.15) is 13.2 Å². The van der Waals surface area contributed by atoms with Gasteiger partial charge in [-0.25, -0.2) is 4.79 Å². The van der Waals surface area contributed by atoms with Crippen LogP contribution in [-0.2, 0) is 4.79 Å². The molecule has 0 saturated carbocycles. The maximum atomic E-state index is 12.5. The highest BCUT2D eigenvalue weighted by Crippen LogP contribution is 2.31. The van der Waals surface area contributed by atoms with Gasteiger partial charge >= 0.3 is 12.1 Å². The van der Waals surface area contributed by atoms with Crippen LogP contribution in [0.15, 0.2) is 40.8 Å². The van der Waals surface area contributed by atoms with E-state index in [-0.39, 0.29) is 5.91 Å². The number of furan rings is 1. The highest BCUT2D eigenvalue weighted by atomic mass is 32.1. The molecule has 0 spiro atoms. The van der Waals surface area contributed by atoms with Gasteiger partial charge in [0.2, 0.25) is 0 Å². The average molecular weight is 440 g/mol. The first kappa shape index (κ1) is 21.8. The number of carbonyl (C=O) groups is 2. The van der Waals surface area contributed by atoms with Gasteiger partial charge in [-0.3, -0.25) is 4.79 Å². The summed E-state index contributed by atoms with van der Waals surface area (Å²) in [5, 5.41) is 14.6. The van der Waals surface area contributed by atoms with Crippen molar-refractivity contribution in [3.05, 3.63) is 51.9 Å². The Bertz CT molecular complexity index is 1050. The molecule has 6 nitrogen and oxygen atoms in total. The van der Waals surface area contributed by atoms with Crippen LogP contribution in [-0.4, -0.2) is 29.7 Å². The fraction of sp³-hybridized carbons (Fsp3) is 0.300. The third-order valence-corrected chi connectivity index (χ3v) is 5.61. The van der Waals surface area contributed by atoms with Gasteiger partial charge in [0, 0.05) is 16.3 Å². The molecule has 1 aliphatic rings. The van der Waals surface area contributed by atoms with Crippen LogP contribution in [0.4, 0.5) is 18.9 Å². The van der Waals surface area contributed by atoms with Gasteiger partial charge in [-0.05, 0) is 50.6 Å². The minimum atomic E-state index is -5.08. The molecule has 1 saturated heterocycles. The fourth-order valence-corrected chi connectivity index (χ4v) is 4.08. The Morgan fingerprint density at radius 2 is 2.00 bits per heavy atom. The zero-order valence-corrected chi connectivity index (χ0v) is 16.7. The molecule has 3 aromatic rings. The van der Waals surface area contributed by atoms with Gasteiger partial charge in [-0.1, -0.05) is 12.1 Å². The van der Waals surface area contributed by atoms with E-state index in [4.69, 9.17) is 14.3 Å². The number of fused-ring (bicyclic) bond motifs is 1. The number of para-hydroxylation sites is 1. The van der Waals surface area contributed by atoms with Gasteiger partial charge in [0.25, 0.3) is 5.91 Å². The maximum Gasteiger partial charge on any atom is 0.490 e. The highest BCUT2D eigenvalue weighted by Gasteiger charge is 2.38. The van der Waals surface area contributed by atoms with Gasteiger partial charge in [0.1, 0.15) is 5.76 Å². The molecule has 3 N–H and O–H groups in total. The molecule has 0 radical (unpaired) electrons. The number of hydrogen-bond acceptors (Lipinski definition) is 5. The van der Waals surface area contributed by atoms with E-state index in [9.17, 15) is 18.0 Å². The Balaban J connectivity index is 0.000000318. The standard InChI is InChI=1S/C18H18N2O2S.C2HF3O2/c1-11-10-12-4-2-5-14(17(12)22-11)20-18(21)16-8-7-15(23-16)13-6-3-9-19-13;3-2(4,5)1(6)7/h2,4-5,7-8,10,13,19H,3,6,9H2,1H3,(H,20,21);(H,6,7). The van der Waals surface area contributed by atoms with Crippen molar-refractivity contribution in [3.8, 4) is 0 Å². The lowest BCUT2D eigenvalue weighted by Gasteiger charge is -2.06. The Kier molecular flexibility index (Phi) is 6.47. The van der Waals surface area contributed by atoms with Crippen molar-refractivity contribution >= 4 is 39.9 Å². The van der Waals surface area contributed by atoms with Gasteiger partial charge < -0.3 is 20.2 Å². The minimum Gasteiger partial charge on any atom is -0.475 e. The third-order valence-electron chi connectivity index (χ3n) is 4.41. The number of aliphatic carboxylic acids is 1. The molecule has 1 aromatic carbocycles. The van der Waals surface area contributed by atoms with Crippen molar-refractivity contribution in [2.75, 3.05) is 11.9 Å². The molecule has 1 aliphatic heterocycles. The molecule has 0 bridgehead atoms. The van der Waals surface area contributed by atoms with E-state index < -0.39 is 12.1 Å². The molecule has 1 fully saturated rings. The lowest BCUT2D eigenvalue weighted by molar-refractivity contribution is -0.192. The van der Waals surface area contributed by atoms with E-state index in [0.717, 1.165) is 40.3 Å². The van der Waals surface area contributed by atoms with Crippen LogP contribution in [0.5, 0.6) is 0 Å². The zero-order chi connectivity index (χ0) is 21.9. The van der Waals surface area contributed by atoms with E-state index in [1.54, 1.807) is 11.3 Å². The van der Waals surface area contributed by atoms with Crippen LogP contribution in [0.2, 0.25) is 0 Å². The van der Waals surface area contributed by atoms with Crippen molar-refractivity contribution in [2.45, 2.75) is 32.0 Å². The molecular formula is C20H19F3N2O4S. The summed E-state index contributed by atoms with van der Waals surface area (Å²) < 4.78 is 37.4. The summed E-state index contributed by atoms with van der Waals surface area (Å²) >= 11 is 1.56. The number of carboxylic acids is 1. The van der Waals surface area contributed by atoms with E-state index >= 15 is 0 Å². The number of halogens is 3. The van der Waals surface area contributed by atoms with Crippen molar-refractivity contribution < 1.29 is 32.3 Å². The predicted molar refractivity (Wildman–Crippen MR) is 107 cm³/mol. The number of carboxylic acid groups (broad SMARTS) is 1. The topological polar surface area (TPSA) is 91.6 Å². The number of thiophene rings is 1. The summed E-state index contributed by atoms with van der Waals surface area (Å²) in [6, 6.07) is 12.1. The monoisotopic (exact) mass is 440 g/mol. The summed E-state index contributed by atoms with van der Waals surface area (Å²) in [5.41, 5.74) is 1.45. The number of hydrogen-bond donors (Lipinski definition) is 3. The lowest BCUT2D eigenvalue weighted by Crippen LogP contribution is -2.21. The Morgan fingerprint density at radius 3 is 2.63 bits per heavy atom. The summed E-state index contributed by atoms with van der Waals surface area (Å²) in [6.07, 6.45) is -2.74. The summed E-state index contributed by atoms with van der Waals surface area (Å²) in [7, 11) is 0. The number of nitrogens with one attached hydrogen (secondary N) is 2. The first-order valence-electron chi connectivity index (χ1n) is 9.09. The molecule has 160 valence electrons. The molecule has 30 heavy (non-hydrogen) atoms. The largest absolute Gasteiger partial charge is 0.490 e.